The van der Waals surface area contributed by atoms with Gasteiger partial charge in [0.2, 0.25) is 0 Å². The van der Waals surface area contributed by atoms with Gasteiger partial charge in [0, 0.05) is 0 Å². The molecule has 0 amide bonds. The van der Waals surface area contributed by atoms with Gasteiger partial charge >= 0.3 is 5.97 Å². The number of carbonyl (C=O) groups is 1. The van der Waals surface area contributed by atoms with Crippen molar-refractivity contribution < 1.29 is 14.6 Å². The van der Waals surface area contributed by atoms with Crippen LogP contribution in [0, 0.1) is 0 Å². The molecular weight excluding hydrogens is 204 g/mol. The van der Waals surface area contributed by atoms with E-state index in [-0.39, 0.29) is 11.7 Å². The number of hydrogen-bond donors (Lipinski definition) is 1. The van der Waals surface area contributed by atoms with Gasteiger partial charge in [0.15, 0.2) is 0 Å². The molecule has 3 heteroatoms. The van der Waals surface area contributed by atoms with E-state index in [0.29, 0.717) is 5.75 Å². The lowest BCUT2D eigenvalue weighted by Crippen LogP contribution is -2.19. The predicted octanol–water partition coefficient (Wildman–Crippen LogP) is 3.10. The van der Waals surface area contributed by atoms with Crippen LogP contribution in [0.4, 0.5) is 0 Å². The maximum Gasteiger partial charge on any atom is 0.335 e. The Bertz CT molecular complexity index is 367. The summed E-state index contributed by atoms with van der Waals surface area (Å²) < 4.78 is 5.78. The van der Waals surface area contributed by atoms with E-state index in [1.807, 2.05) is 6.07 Å². The van der Waals surface area contributed by atoms with Crippen LogP contribution in [-0.2, 0) is 0 Å². The molecule has 2 rings (SSSR count). The quantitative estimate of drug-likeness (QED) is 0.851. The van der Waals surface area contributed by atoms with Crippen molar-refractivity contribution in [3.63, 3.8) is 0 Å². The van der Waals surface area contributed by atoms with Gasteiger partial charge in [-0.3, -0.25) is 0 Å². The predicted molar refractivity (Wildman–Crippen MR) is 60.9 cm³/mol. The summed E-state index contributed by atoms with van der Waals surface area (Å²) in [5.41, 5.74) is 0.285. The average molecular weight is 220 g/mol. The number of carboxylic acids is 1. The summed E-state index contributed by atoms with van der Waals surface area (Å²) in [7, 11) is 0. The number of ether oxygens (including phenoxy) is 1. The van der Waals surface area contributed by atoms with Gasteiger partial charge in [-0.2, -0.15) is 0 Å². The normalized spacial score (nSPS) is 17.0. The summed E-state index contributed by atoms with van der Waals surface area (Å²) in [6, 6.07) is 6.72. The van der Waals surface area contributed by atoms with E-state index in [0.717, 1.165) is 12.8 Å². The minimum atomic E-state index is -0.908. The van der Waals surface area contributed by atoms with Crippen molar-refractivity contribution in [3.05, 3.63) is 29.8 Å². The monoisotopic (exact) mass is 220 g/mol. The third-order valence-corrected chi connectivity index (χ3v) is 2.94. The molecule has 1 N–H and O–H groups in total. The van der Waals surface area contributed by atoms with Crippen LogP contribution in [0.15, 0.2) is 24.3 Å². The smallest absolute Gasteiger partial charge is 0.335 e. The van der Waals surface area contributed by atoms with Crippen LogP contribution in [0.3, 0.4) is 0 Å². The fourth-order valence-corrected chi connectivity index (χ4v) is 2.08. The van der Waals surface area contributed by atoms with Gasteiger partial charge in [0.05, 0.1) is 11.7 Å². The number of hydrogen-bond acceptors (Lipinski definition) is 2. The van der Waals surface area contributed by atoms with Gasteiger partial charge in [-0.1, -0.05) is 12.5 Å². The number of carboxylic acid groups (broad SMARTS) is 1. The van der Waals surface area contributed by atoms with Crippen molar-refractivity contribution in [2.24, 2.45) is 0 Å². The first-order valence-electron chi connectivity index (χ1n) is 5.76. The fourth-order valence-electron chi connectivity index (χ4n) is 2.08. The van der Waals surface area contributed by atoms with E-state index >= 15 is 0 Å². The van der Waals surface area contributed by atoms with Crippen LogP contribution < -0.4 is 4.74 Å². The Hall–Kier alpha value is -1.51. The Balaban J connectivity index is 2.02. The van der Waals surface area contributed by atoms with E-state index in [9.17, 15) is 4.79 Å². The molecule has 1 aromatic rings. The van der Waals surface area contributed by atoms with E-state index in [2.05, 4.69) is 0 Å². The summed E-state index contributed by atoms with van der Waals surface area (Å²) >= 11 is 0. The Morgan fingerprint density at radius 2 is 2.00 bits per heavy atom. The molecule has 1 aliphatic rings. The highest BCUT2D eigenvalue weighted by molar-refractivity contribution is 5.87. The Morgan fingerprint density at radius 3 is 2.69 bits per heavy atom. The van der Waals surface area contributed by atoms with Crippen LogP contribution >= 0.6 is 0 Å². The van der Waals surface area contributed by atoms with Crippen molar-refractivity contribution in [2.45, 2.75) is 38.2 Å². The zero-order chi connectivity index (χ0) is 11.4. The zero-order valence-corrected chi connectivity index (χ0v) is 9.19. The van der Waals surface area contributed by atoms with Gasteiger partial charge in [-0.15, -0.1) is 0 Å². The van der Waals surface area contributed by atoms with E-state index in [1.54, 1.807) is 18.2 Å². The minimum Gasteiger partial charge on any atom is -0.490 e. The first-order chi connectivity index (χ1) is 7.75. The van der Waals surface area contributed by atoms with E-state index in [4.69, 9.17) is 9.84 Å². The van der Waals surface area contributed by atoms with Gasteiger partial charge in [0.1, 0.15) is 5.75 Å². The first kappa shape index (κ1) is 11.0. The average Bonchev–Trinajstić information content (AvgIpc) is 2.30. The lowest BCUT2D eigenvalue weighted by Gasteiger charge is -2.23. The molecule has 0 bridgehead atoms. The van der Waals surface area contributed by atoms with E-state index < -0.39 is 5.97 Å². The SMILES string of the molecule is O=C(O)c1cccc(OC2CCCCC2)c1. The van der Waals surface area contributed by atoms with Crippen LogP contribution in [0.2, 0.25) is 0 Å². The van der Waals surface area contributed by atoms with Crippen molar-refractivity contribution in [1.82, 2.24) is 0 Å². The Kier molecular flexibility index (Phi) is 3.44. The molecule has 1 aliphatic carbocycles. The summed E-state index contributed by atoms with van der Waals surface area (Å²) in [4.78, 5) is 10.8. The number of aromatic carboxylic acids is 1. The van der Waals surface area contributed by atoms with Crippen molar-refractivity contribution in [1.29, 1.82) is 0 Å². The molecule has 1 fully saturated rings. The molecule has 0 atom stereocenters. The molecule has 0 unspecified atom stereocenters. The van der Waals surface area contributed by atoms with Crippen LogP contribution in [0.5, 0.6) is 5.75 Å². The second-order valence-corrected chi connectivity index (χ2v) is 4.21. The zero-order valence-electron chi connectivity index (χ0n) is 9.19. The maximum atomic E-state index is 10.8. The standard InChI is InChI=1S/C13H16O3/c14-13(15)10-5-4-8-12(9-10)16-11-6-2-1-3-7-11/h4-5,8-9,11H,1-3,6-7H2,(H,14,15). The highest BCUT2D eigenvalue weighted by Crippen LogP contribution is 2.23. The third kappa shape index (κ3) is 2.75. The molecule has 86 valence electrons. The molecule has 0 saturated heterocycles. The largest absolute Gasteiger partial charge is 0.490 e. The maximum absolute atomic E-state index is 10.8. The molecule has 0 aromatic heterocycles. The summed E-state index contributed by atoms with van der Waals surface area (Å²) in [6.07, 6.45) is 6.13. The van der Waals surface area contributed by atoms with Crippen molar-refractivity contribution >= 4 is 5.97 Å². The molecule has 16 heavy (non-hydrogen) atoms. The molecule has 0 radical (unpaired) electrons. The van der Waals surface area contributed by atoms with Gasteiger partial charge in [-0.05, 0) is 43.9 Å². The molecule has 0 aliphatic heterocycles. The highest BCUT2D eigenvalue weighted by Gasteiger charge is 2.15. The first-order valence-corrected chi connectivity index (χ1v) is 5.76. The van der Waals surface area contributed by atoms with E-state index in [1.165, 1.54) is 19.3 Å². The second-order valence-electron chi connectivity index (χ2n) is 4.21. The molecule has 0 spiro atoms. The molecular formula is C13H16O3. The fraction of sp³-hybridized carbons (Fsp3) is 0.462. The second kappa shape index (κ2) is 5.01. The van der Waals surface area contributed by atoms with Crippen LogP contribution in [-0.4, -0.2) is 17.2 Å². The van der Waals surface area contributed by atoms with Gasteiger partial charge in [0.25, 0.3) is 0 Å². The highest BCUT2D eigenvalue weighted by atomic mass is 16.5. The van der Waals surface area contributed by atoms with Crippen molar-refractivity contribution in [3.8, 4) is 5.75 Å². The lowest BCUT2D eigenvalue weighted by atomic mass is 9.98. The summed E-state index contributed by atoms with van der Waals surface area (Å²) in [6.45, 7) is 0. The van der Waals surface area contributed by atoms with Gasteiger partial charge in [-0.25, -0.2) is 4.79 Å². The van der Waals surface area contributed by atoms with Crippen LogP contribution in [0.1, 0.15) is 42.5 Å². The summed E-state index contributed by atoms with van der Waals surface area (Å²) in [5.74, 6) is -0.235. The molecule has 1 saturated carbocycles. The van der Waals surface area contributed by atoms with Crippen molar-refractivity contribution in [2.75, 3.05) is 0 Å². The van der Waals surface area contributed by atoms with Crippen LogP contribution in [0.25, 0.3) is 0 Å². The lowest BCUT2D eigenvalue weighted by molar-refractivity contribution is 0.0695. The third-order valence-electron chi connectivity index (χ3n) is 2.94. The topological polar surface area (TPSA) is 46.5 Å². The molecule has 1 aromatic carbocycles. The Labute approximate surface area is 95.0 Å². The number of benzene rings is 1. The number of rotatable bonds is 3. The summed E-state index contributed by atoms with van der Waals surface area (Å²) in [5, 5.41) is 8.86. The molecule has 3 nitrogen and oxygen atoms in total. The van der Waals surface area contributed by atoms with Gasteiger partial charge < -0.3 is 9.84 Å². The Morgan fingerprint density at radius 1 is 1.25 bits per heavy atom. The molecule has 0 heterocycles. The minimum absolute atomic E-state index is 0.262.